The fraction of sp³-hybridized carbons (Fsp3) is 0.294. The quantitative estimate of drug-likeness (QED) is 0.182. The van der Waals surface area contributed by atoms with E-state index >= 15 is 0 Å². The molecule has 232 valence electrons. The Morgan fingerprint density at radius 3 is 2.78 bits per heavy atom. The van der Waals surface area contributed by atoms with Crippen molar-refractivity contribution in [3.05, 3.63) is 81.2 Å². The van der Waals surface area contributed by atoms with Gasteiger partial charge < -0.3 is 20.5 Å². The van der Waals surface area contributed by atoms with Gasteiger partial charge in [-0.15, -0.1) is 11.3 Å². The number of nitrogens with zero attached hydrogens (tertiary/aromatic N) is 2. The lowest BCUT2D eigenvalue weighted by atomic mass is 9.93. The van der Waals surface area contributed by atoms with Crippen molar-refractivity contribution in [2.45, 2.75) is 38.5 Å². The van der Waals surface area contributed by atoms with Crippen molar-refractivity contribution in [3.63, 3.8) is 0 Å². The third kappa shape index (κ3) is 5.92. The van der Waals surface area contributed by atoms with Gasteiger partial charge in [-0.05, 0) is 56.0 Å². The van der Waals surface area contributed by atoms with Crippen LogP contribution >= 0.6 is 22.9 Å². The number of fused-ring (bicyclic) bond motifs is 3. The molecule has 3 aromatic heterocycles. The van der Waals surface area contributed by atoms with E-state index in [9.17, 15) is 9.18 Å². The molecule has 0 bridgehead atoms. The van der Waals surface area contributed by atoms with Gasteiger partial charge in [-0.25, -0.2) is 14.4 Å². The summed E-state index contributed by atoms with van der Waals surface area (Å²) in [6.45, 7) is 5.01. The van der Waals surface area contributed by atoms with Gasteiger partial charge in [0.15, 0.2) is 0 Å². The lowest BCUT2D eigenvalue weighted by molar-refractivity contribution is -0.106. The molecule has 1 aliphatic heterocycles. The maximum absolute atomic E-state index is 14.6. The number of carbonyl (C=O) groups excluding carboxylic acids is 2. The molecule has 4 heterocycles. The number of pyridine rings is 2. The fourth-order valence-corrected chi connectivity index (χ4v) is 7.01. The summed E-state index contributed by atoms with van der Waals surface area (Å²) in [5, 5.41) is 7.25. The number of aryl methyl sites for hydroxylation is 1. The second-order valence-electron chi connectivity index (χ2n) is 11.4. The molecule has 2 unspecified atom stereocenters. The van der Waals surface area contributed by atoms with Gasteiger partial charge in [0, 0.05) is 56.9 Å². The SMILES string of the molecule is COc1cc(C(=O)NCC(c2cc3c(c(-c4csc5c(F)cccc45)n2)OCC3C)C2CC2)cc2cc(Cl)c(C)nc12.NC=O. The van der Waals surface area contributed by atoms with Crippen LogP contribution in [0.25, 0.3) is 32.2 Å². The zero-order chi connectivity index (χ0) is 31.8. The first kappa shape index (κ1) is 30.7. The van der Waals surface area contributed by atoms with Crippen LogP contribution in [0.4, 0.5) is 4.39 Å². The van der Waals surface area contributed by atoms with E-state index in [0.29, 0.717) is 51.3 Å². The van der Waals surface area contributed by atoms with Crippen molar-refractivity contribution in [1.82, 2.24) is 15.3 Å². The Morgan fingerprint density at radius 1 is 1.27 bits per heavy atom. The molecular weight excluding hydrogens is 615 g/mol. The second-order valence-corrected chi connectivity index (χ2v) is 12.7. The van der Waals surface area contributed by atoms with Crippen LogP contribution in [0.5, 0.6) is 11.5 Å². The number of hydrogen-bond donors (Lipinski definition) is 2. The van der Waals surface area contributed by atoms with Crippen LogP contribution in [-0.4, -0.2) is 42.5 Å². The molecule has 1 aliphatic carbocycles. The number of aromatic nitrogens is 2. The number of nitrogens with one attached hydrogen (secondary N) is 1. The lowest BCUT2D eigenvalue weighted by Crippen LogP contribution is -2.29. The second kappa shape index (κ2) is 12.6. The molecule has 2 amide bonds. The first-order chi connectivity index (χ1) is 21.7. The molecule has 11 heteroatoms. The number of methoxy groups -OCH3 is 1. The van der Waals surface area contributed by atoms with Gasteiger partial charge >= 0.3 is 0 Å². The number of hydrogen-bond acceptors (Lipinski definition) is 7. The van der Waals surface area contributed by atoms with E-state index in [2.05, 4.69) is 29.0 Å². The predicted molar refractivity (Wildman–Crippen MR) is 175 cm³/mol. The van der Waals surface area contributed by atoms with Gasteiger partial charge in [-0.1, -0.05) is 30.7 Å². The van der Waals surface area contributed by atoms with E-state index in [1.807, 2.05) is 24.4 Å². The van der Waals surface area contributed by atoms with Crippen LogP contribution in [0.2, 0.25) is 5.02 Å². The summed E-state index contributed by atoms with van der Waals surface area (Å²) < 4.78 is 26.9. The largest absolute Gasteiger partial charge is 0.494 e. The minimum Gasteiger partial charge on any atom is -0.494 e. The third-order valence-corrected chi connectivity index (χ3v) is 9.77. The highest BCUT2D eigenvalue weighted by Gasteiger charge is 2.36. The van der Waals surface area contributed by atoms with E-state index in [1.165, 1.54) is 17.4 Å². The number of amides is 2. The molecule has 7 rings (SSSR count). The Bertz CT molecular complexity index is 1940. The number of carbonyl (C=O) groups is 2. The summed E-state index contributed by atoms with van der Waals surface area (Å²) in [7, 11) is 1.57. The topological polar surface area (TPSA) is 116 Å². The van der Waals surface area contributed by atoms with Crippen LogP contribution in [0, 0.1) is 18.7 Å². The molecule has 5 aromatic rings. The van der Waals surface area contributed by atoms with Crippen molar-refractivity contribution < 1.29 is 23.5 Å². The predicted octanol–water partition coefficient (Wildman–Crippen LogP) is 7.14. The zero-order valence-corrected chi connectivity index (χ0v) is 26.6. The summed E-state index contributed by atoms with van der Waals surface area (Å²) in [5.41, 5.74) is 9.69. The summed E-state index contributed by atoms with van der Waals surface area (Å²) in [6.07, 6.45) is 2.42. The molecule has 8 nitrogen and oxygen atoms in total. The summed E-state index contributed by atoms with van der Waals surface area (Å²) in [6, 6.07) is 12.6. The molecule has 2 aliphatic rings. The number of benzene rings is 2. The molecule has 1 saturated carbocycles. The molecule has 45 heavy (non-hydrogen) atoms. The minimum atomic E-state index is -0.233. The number of primary amides is 1. The highest BCUT2D eigenvalue weighted by Crippen LogP contribution is 2.48. The Kier molecular flexibility index (Phi) is 8.61. The average molecular weight is 647 g/mol. The first-order valence-electron chi connectivity index (χ1n) is 14.7. The maximum atomic E-state index is 14.6. The summed E-state index contributed by atoms with van der Waals surface area (Å²) >= 11 is 7.71. The number of nitrogens with two attached hydrogens (primary N) is 1. The molecule has 1 fully saturated rings. The van der Waals surface area contributed by atoms with Gasteiger partial charge in [0.2, 0.25) is 6.41 Å². The van der Waals surface area contributed by atoms with Gasteiger partial charge in [-0.3, -0.25) is 9.59 Å². The van der Waals surface area contributed by atoms with Crippen LogP contribution in [0.15, 0.2) is 47.8 Å². The summed E-state index contributed by atoms with van der Waals surface area (Å²) in [5.74, 6) is 1.54. The Labute approximate surface area is 268 Å². The van der Waals surface area contributed by atoms with Crippen LogP contribution in [0.1, 0.15) is 58.9 Å². The number of ether oxygens (including phenoxy) is 2. The number of halogens is 2. The van der Waals surface area contributed by atoms with Crippen molar-refractivity contribution in [2.75, 3.05) is 20.3 Å². The van der Waals surface area contributed by atoms with E-state index in [1.54, 1.807) is 25.3 Å². The molecule has 0 radical (unpaired) electrons. The molecular formula is C34H32ClFN4O4S. The highest BCUT2D eigenvalue weighted by molar-refractivity contribution is 7.17. The van der Waals surface area contributed by atoms with Gasteiger partial charge in [-0.2, -0.15) is 0 Å². The monoisotopic (exact) mass is 646 g/mol. The van der Waals surface area contributed by atoms with E-state index in [0.717, 1.165) is 51.9 Å². The van der Waals surface area contributed by atoms with Crippen molar-refractivity contribution >= 4 is 56.2 Å². The molecule has 0 saturated heterocycles. The van der Waals surface area contributed by atoms with Crippen LogP contribution < -0.4 is 20.5 Å². The van der Waals surface area contributed by atoms with Crippen molar-refractivity contribution in [3.8, 4) is 22.8 Å². The Hall–Kier alpha value is -4.28. The van der Waals surface area contributed by atoms with Gasteiger partial charge in [0.05, 0.1) is 29.1 Å². The molecule has 3 N–H and O–H groups in total. The van der Waals surface area contributed by atoms with E-state index < -0.39 is 0 Å². The minimum absolute atomic E-state index is 0.0357. The van der Waals surface area contributed by atoms with Gasteiger partial charge in [0.25, 0.3) is 5.91 Å². The molecule has 0 spiro atoms. The smallest absolute Gasteiger partial charge is 0.251 e. The Balaban J connectivity index is 0.00000115. The van der Waals surface area contributed by atoms with E-state index in [4.69, 9.17) is 30.9 Å². The Morgan fingerprint density at radius 2 is 2.04 bits per heavy atom. The third-order valence-electron chi connectivity index (χ3n) is 8.38. The standard InChI is InChI=1S/C33H29ClFN3O3S.CH3NO/c1-16-14-41-31-22(16)12-27(38-30(31)24-15-42-32-21(24)5-4-6-26(32)35)23(18-7-8-18)13-36-33(39)20-9-19-10-25(34)17(2)37-29(19)28(11-20)40-3;2-1-3/h4-6,9-12,15-16,18,23H,7-8,13-14H2,1-3H3,(H,36,39);1H,(H2,2,3). The lowest BCUT2D eigenvalue weighted by Gasteiger charge is -2.20. The van der Waals surface area contributed by atoms with Crippen LogP contribution in [-0.2, 0) is 4.79 Å². The summed E-state index contributed by atoms with van der Waals surface area (Å²) in [4.78, 5) is 31.8. The average Bonchev–Trinajstić information content (AvgIpc) is 3.66. The van der Waals surface area contributed by atoms with Crippen molar-refractivity contribution in [2.24, 2.45) is 11.7 Å². The molecule has 2 atom stereocenters. The zero-order valence-electron chi connectivity index (χ0n) is 25.0. The molecule has 2 aromatic carbocycles. The first-order valence-corrected chi connectivity index (χ1v) is 15.9. The van der Waals surface area contributed by atoms with E-state index in [-0.39, 0.29) is 30.0 Å². The number of rotatable bonds is 7. The van der Waals surface area contributed by atoms with Crippen LogP contribution in [0.3, 0.4) is 0 Å². The number of thiophene rings is 1. The normalized spacial score (nSPS) is 16.0. The van der Waals surface area contributed by atoms with Crippen molar-refractivity contribution in [1.29, 1.82) is 0 Å². The highest BCUT2D eigenvalue weighted by atomic mass is 35.5. The fourth-order valence-electron chi connectivity index (χ4n) is 5.89. The van der Waals surface area contributed by atoms with Gasteiger partial charge in [0.1, 0.15) is 28.5 Å². The maximum Gasteiger partial charge on any atom is 0.251 e.